The van der Waals surface area contributed by atoms with Crippen molar-refractivity contribution in [2.24, 2.45) is 0 Å². The van der Waals surface area contributed by atoms with Crippen LogP contribution >= 0.6 is 0 Å². The van der Waals surface area contributed by atoms with Crippen molar-refractivity contribution in [1.82, 2.24) is 4.90 Å². The molecular formula is C18H16FNO3. The SMILES string of the molecule is CC1Cc2cc3c(cc2CN1C(=O)c1ccc(F)cc1)OCO3. The number of carbonyl (C=O) groups excluding carboxylic acids is 1. The topological polar surface area (TPSA) is 38.8 Å². The van der Waals surface area contributed by atoms with E-state index in [1.54, 1.807) is 0 Å². The van der Waals surface area contributed by atoms with Gasteiger partial charge >= 0.3 is 0 Å². The fraction of sp³-hybridized carbons (Fsp3) is 0.278. The Morgan fingerprint density at radius 3 is 2.48 bits per heavy atom. The van der Waals surface area contributed by atoms with Crippen LogP contribution in [0.15, 0.2) is 36.4 Å². The van der Waals surface area contributed by atoms with Crippen molar-refractivity contribution >= 4 is 5.91 Å². The highest BCUT2D eigenvalue weighted by molar-refractivity contribution is 5.94. The summed E-state index contributed by atoms with van der Waals surface area (Å²) in [4.78, 5) is 14.5. The molecule has 2 aliphatic rings. The Labute approximate surface area is 133 Å². The van der Waals surface area contributed by atoms with E-state index >= 15 is 0 Å². The number of halogens is 1. The molecule has 0 saturated heterocycles. The molecule has 1 atom stereocenters. The molecule has 4 rings (SSSR count). The maximum Gasteiger partial charge on any atom is 0.254 e. The predicted molar refractivity (Wildman–Crippen MR) is 82.0 cm³/mol. The van der Waals surface area contributed by atoms with Crippen molar-refractivity contribution in [2.45, 2.75) is 25.9 Å². The predicted octanol–water partition coefficient (Wildman–Crippen LogP) is 3.14. The summed E-state index contributed by atoms with van der Waals surface area (Å²) >= 11 is 0. The largest absolute Gasteiger partial charge is 0.454 e. The number of hydrogen-bond acceptors (Lipinski definition) is 3. The van der Waals surface area contributed by atoms with Gasteiger partial charge in [-0.05, 0) is 60.9 Å². The molecule has 4 nitrogen and oxygen atoms in total. The Hall–Kier alpha value is -2.56. The van der Waals surface area contributed by atoms with E-state index in [-0.39, 0.29) is 24.6 Å². The van der Waals surface area contributed by atoms with Crippen LogP contribution in [-0.2, 0) is 13.0 Å². The quantitative estimate of drug-likeness (QED) is 0.812. The molecule has 5 heteroatoms. The van der Waals surface area contributed by atoms with E-state index in [1.807, 2.05) is 24.0 Å². The summed E-state index contributed by atoms with van der Waals surface area (Å²) in [6.07, 6.45) is 0.763. The Balaban J connectivity index is 1.64. The monoisotopic (exact) mass is 313 g/mol. The Morgan fingerprint density at radius 2 is 1.78 bits per heavy atom. The molecular weight excluding hydrogens is 297 g/mol. The van der Waals surface area contributed by atoms with Crippen molar-refractivity contribution in [2.75, 3.05) is 6.79 Å². The summed E-state index contributed by atoms with van der Waals surface area (Å²) in [5, 5.41) is 0. The van der Waals surface area contributed by atoms with Gasteiger partial charge in [-0.3, -0.25) is 4.79 Å². The molecule has 0 saturated carbocycles. The van der Waals surface area contributed by atoms with Gasteiger partial charge in [-0.2, -0.15) is 0 Å². The summed E-state index contributed by atoms with van der Waals surface area (Å²) in [5.41, 5.74) is 2.76. The average molecular weight is 313 g/mol. The fourth-order valence-corrected chi connectivity index (χ4v) is 3.16. The van der Waals surface area contributed by atoms with Crippen LogP contribution in [-0.4, -0.2) is 23.6 Å². The first-order valence-electron chi connectivity index (χ1n) is 7.60. The molecule has 2 aromatic rings. The van der Waals surface area contributed by atoms with Crippen LogP contribution in [0.4, 0.5) is 4.39 Å². The minimum absolute atomic E-state index is 0.0698. The minimum Gasteiger partial charge on any atom is -0.454 e. The van der Waals surface area contributed by atoms with Gasteiger partial charge in [-0.25, -0.2) is 4.39 Å². The highest BCUT2D eigenvalue weighted by Crippen LogP contribution is 2.38. The second kappa shape index (κ2) is 5.26. The Kier molecular flexibility index (Phi) is 3.22. The molecule has 2 heterocycles. The fourth-order valence-electron chi connectivity index (χ4n) is 3.16. The van der Waals surface area contributed by atoms with Gasteiger partial charge < -0.3 is 14.4 Å². The Morgan fingerprint density at radius 1 is 1.13 bits per heavy atom. The van der Waals surface area contributed by atoms with Crippen LogP contribution in [0.2, 0.25) is 0 Å². The molecule has 2 aliphatic heterocycles. The summed E-state index contributed by atoms with van der Waals surface area (Å²) in [5.74, 6) is 1.08. The standard InChI is InChI=1S/C18H16FNO3/c1-11-6-13-7-16-17(23-10-22-16)8-14(13)9-20(11)18(21)12-2-4-15(19)5-3-12/h2-5,7-8,11H,6,9-10H2,1H3. The maximum absolute atomic E-state index is 13.0. The number of ether oxygens (including phenoxy) is 2. The zero-order valence-corrected chi connectivity index (χ0v) is 12.7. The molecule has 0 spiro atoms. The number of nitrogens with zero attached hydrogens (tertiary/aromatic N) is 1. The van der Waals surface area contributed by atoms with Crippen LogP contribution in [0, 0.1) is 5.82 Å². The summed E-state index contributed by atoms with van der Waals surface area (Å²) < 4.78 is 23.9. The lowest BCUT2D eigenvalue weighted by Gasteiger charge is -2.35. The Bertz CT molecular complexity index is 773. The van der Waals surface area contributed by atoms with Crippen LogP contribution in [0.3, 0.4) is 0 Å². The zero-order valence-electron chi connectivity index (χ0n) is 12.7. The number of benzene rings is 2. The number of fused-ring (bicyclic) bond motifs is 2. The van der Waals surface area contributed by atoms with Crippen molar-refractivity contribution in [3.63, 3.8) is 0 Å². The van der Waals surface area contributed by atoms with Crippen molar-refractivity contribution in [3.8, 4) is 11.5 Å². The van der Waals surface area contributed by atoms with E-state index in [1.165, 1.54) is 29.8 Å². The van der Waals surface area contributed by atoms with Crippen molar-refractivity contribution in [1.29, 1.82) is 0 Å². The molecule has 0 bridgehead atoms. The number of hydrogen-bond donors (Lipinski definition) is 0. The zero-order chi connectivity index (χ0) is 16.0. The maximum atomic E-state index is 13.0. The summed E-state index contributed by atoms with van der Waals surface area (Å²) in [7, 11) is 0. The molecule has 0 aliphatic carbocycles. The van der Waals surface area contributed by atoms with Crippen LogP contribution in [0.5, 0.6) is 11.5 Å². The van der Waals surface area contributed by atoms with Gasteiger partial charge in [-0.1, -0.05) is 0 Å². The second-order valence-corrected chi connectivity index (χ2v) is 5.97. The molecule has 0 fully saturated rings. The van der Waals surface area contributed by atoms with Crippen LogP contribution in [0.1, 0.15) is 28.4 Å². The third-order valence-electron chi connectivity index (χ3n) is 4.43. The van der Waals surface area contributed by atoms with E-state index in [2.05, 4.69) is 0 Å². The molecule has 118 valence electrons. The normalized spacial score (nSPS) is 18.7. The lowest BCUT2D eigenvalue weighted by atomic mass is 9.93. The third kappa shape index (κ3) is 2.42. The van der Waals surface area contributed by atoms with Gasteiger partial charge in [-0.15, -0.1) is 0 Å². The third-order valence-corrected chi connectivity index (χ3v) is 4.43. The van der Waals surface area contributed by atoms with Gasteiger partial charge in [0.05, 0.1) is 0 Å². The molecule has 1 unspecified atom stereocenters. The lowest BCUT2D eigenvalue weighted by molar-refractivity contribution is 0.0658. The summed E-state index contributed by atoms with van der Waals surface area (Å²) in [6, 6.07) is 9.71. The minimum atomic E-state index is -0.341. The first-order valence-corrected chi connectivity index (χ1v) is 7.60. The molecule has 23 heavy (non-hydrogen) atoms. The number of amides is 1. The average Bonchev–Trinajstić information content (AvgIpc) is 2.99. The first kappa shape index (κ1) is 14.1. The molecule has 0 aromatic heterocycles. The van der Waals surface area contributed by atoms with E-state index in [0.717, 1.165) is 23.5 Å². The van der Waals surface area contributed by atoms with Gasteiger partial charge in [0.2, 0.25) is 6.79 Å². The lowest BCUT2D eigenvalue weighted by Crippen LogP contribution is -2.42. The second-order valence-electron chi connectivity index (χ2n) is 5.97. The molecule has 1 amide bonds. The molecule has 0 radical (unpaired) electrons. The van der Waals surface area contributed by atoms with Gasteiger partial charge in [0.1, 0.15) is 5.82 Å². The number of rotatable bonds is 1. The van der Waals surface area contributed by atoms with E-state index in [9.17, 15) is 9.18 Å². The molecule has 2 aromatic carbocycles. The van der Waals surface area contributed by atoms with Crippen LogP contribution in [0.25, 0.3) is 0 Å². The van der Waals surface area contributed by atoms with Gasteiger partial charge in [0.25, 0.3) is 5.91 Å². The van der Waals surface area contributed by atoms with Crippen molar-refractivity contribution < 1.29 is 18.7 Å². The molecule has 0 N–H and O–H groups in total. The number of carbonyl (C=O) groups is 1. The summed E-state index contributed by atoms with van der Waals surface area (Å²) in [6.45, 7) is 2.78. The first-order chi connectivity index (χ1) is 11.1. The van der Waals surface area contributed by atoms with Gasteiger partial charge in [0, 0.05) is 18.2 Å². The van der Waals surface area contributed by atoms with Crippen LogP contribution < -0.4 is 9.47 Å². The van der Waals surface area contributed by atoms with E-state index < -0.39 is 0 Å². The van der Waals surface area contributed by atoms with Crippen molar-refractivity contribution in [3.05, 3.63) is 58.9 Å². The smallest absolute Gasteiger partial charge is 0.254 e. The highest BCUT2D eigenvalue weighted by atomic mass is 19.1. The van der Waals surface area contributed by atoms with E-state index in [0.29, 0.717) is 12.1 Å². The van der Waals surface area contributed by atoms with E-state index in [4.69, 9.17) is 9.47 Å². The highest BCUT2D eigenvalue weighted by Gasteiger charge is 2.29. The van der Waals surface area contributed by atoms with Gasteiger partial charge in [0.15, 0.2) is 11.5 Å².